The number of para-hydroxylation sites is 2. The lowest BCUT2D eigenvalue weighted by Crippen LogP contribution is -2.71. The number of hydrogen-bond donors (Lipinski definition) is 0. The zero-order valence-corrected chi connectivity index (χ0v) is 31.7. The number of aromatic nitrogens is 1. The summed E-state index contributed by atoms with van der Waals surface area (Å²) in [6.45, 7) is 0. The summed E-state index contributed by atoms with van der Waals surface area (Å²) >= 11 is 0. The van der Waals surface area contributed by atoms with Crippen LogP contribution in [0.5, 0.6) is 0 Å². The van der Waals surface area contributed by atoms with Crippen LogP contribution in [0.2, 0.25) is 0 Å². The van der Waals surface area contributed by atoms with Crippen LogP contribution in [-0.2, 0) is 0 Å². The van der Waals surface area contributed by atoms with Gasteiger partial charge >= 0.3 is 0 Å². The van der Waals surface area contributed by atoms with E-state index < -0.39 is 8.07 Å². The summed E-state index contributed by atoms with van der Waals surface area (Å²) in [5.74, 6) is 0. The van der Waals surface area contributed by atoms with Crippen LogP contribution in [0.4, 0.5) is 17.1 Å². The van der Waals surface area contributed by atoms with E-state index in [-0.39, 0.29) is 0 Å². The molecule has 0 saturated carbocycles. The highest BCUT2D eigenvalue weighted by atomic mass is 28.3. The van der Waals surface area contributed by atoms with Crippen molar-refractivity contribution in [3.05, 3.63) is 218 Å². The third kappa shape index (κ3) is 4.85. The highest BCUT2D eigenvalue weighted by Gasteiger charge is 2.56. The van der Waals surface area contributed by atoms with Crippen molar-refractivity contribution < 1.29 is 0 Å². The molecule has 1 spiro atoms. The number of benzene rings is 8. The molecule has 9 aromatic rings. The van der Waals surface area contributed by atoms with Crippen molar-refractivity contribution >= 4 is 45.9 Å². The summed E-state index contributed by atoms with van der Waals surface area (Å²) in [6, 6.07) is 80.0. The second-order valence-corrected chi connectivity index (χ2v) is 18.2. The normalized spacial score (nSPS) is 14.5. The van der Waals surface area contributed by atoms with E-state index in [4.69, 9.17) is 4.98 Å². The smallest absolute Gasteiger partial charge is 0.185 e. The van der Waals surface area contributed by atoms with Gasteiger partial charge in [-0.1, -0.05) is 176 Å². The average molecular weight is 729 g/mol. The quantitative estimate of drug-likeness (QED) is 0.159. The van der Waals surface area contributed by atoms with Crippen molar-refractivity contribution in [2.24, 2.45) is 0 Å². The lowest BCUT2D eigenvalue weighted by molar-refractivity contribution is 1.29. The van der Waals surface area contributed by atoms with E-state index in [1.165, 1.54) is 59.8 Å². The molecule has 0 saturated heterocycles. The second-order valence-electron chi connectivity index (χ2n) is 14.6. The van der Waals surface area contributed by atoms with Gasteiger partial charge in [-0.25, -0.2) is 4.98 Å². The van der Waals surface area contributed by atoms with Gasteiger partial charge in [0.15, 0.2) is 8.07 Å². The maximum atomic E-state index is 5.30. The Morgan fingerprint density at radius 3 is 1.27 bits per heavy atom. The molecular weight excluding hydrogens is 693 g/mol. The predicted octanol–water partition coefficient (Wildman–Crippen LogP) is 10.9. The summed E-state index contributed by atoms with van der Waals surface area (Å²) < 4.78 is 0. The number of rotatable bonds is 6. The third-order valence-corrected chi connectivity index (χ3v) is 16.7. The van der Waals surface area contributed by atoms with E-state index in [0.717, 1.165) is 33.9 Å². The SMILES string of the molecule is c1ccc(-c2cc(-c3cccc4c3[Si]3(c5ccccc5-4)c4ccccc4-c4cccc(N(c5ccccc5)c5ccccc5)c43)cc(-c3ccccc3)n2)cc1. The number of anilines is 3. The number of nitrogens with zero attached hydrogens (tertiary/aromatic N) is 2. The van der Waals surface area contributed by atoms with Crippen LogP contribution in [0.1, 0.15) is 0 Å². The van der Waals surface area contributed by atoms with Crippen LogP contribution in [0.3, 0.4) is 0 Å². The van der Waals surface area contributed by atoms with Crippen LogP contribution in [-0.4, -0.2) is 13.1 Å². The Hall–Kier alpha value is -7.07. The van der Waals surface area contributed by atoms with Crippen LogP contribution in [0, 0.1) is 0 Å². The lowest BCUT2D eigenvalue weighted by atomic mass is 9.96. The minimum absolute atomic E-state index is 0.970. The fourth-order valence-electron chi connectivity index (χ4n) is 9.45. The van der Waals surface area contributed by atoms with E-state index in [1.807, 2.05) is 0 Å². The maximum absolute atomic E-state index is 5.30. The predicted molar refractivity (Wildman–Crippen MR) is 237 cm³/mol. The Labute approximate surface area is 328 Å². The van der Waals surface area contributed by atoms with E-state index >= 15 is 0 Å². The van der Waals surface area contributed by atoms with Crippen LogP contribution in [0.25, 0.3) is 55.9 Å². The second kappa shape index (κ2) is 13.1. The van der Waals surface area contributed by atoms with E-state index in [1.54, 1.807) is 0 Å². The van der Waals surface area contributed by atoms with Gasteiger partial charge in [-0.3, -0.25) is 0 Å². The van der Waals surface area contributed by atoms with Crippen molar-refractivity contribution in [1.82, 2.24) is 4.98 Å². The van der Waals surface area contributed by atoms with Crippen molar-refractivity contribution in [3.8, 4) is 55.9 Å². The van der Waals surface area contributed by atoms with Crippen molar-refractivity contribution in [1.29, 1.82) is 0 Å². The molecule has 0 aliphatic carbocycles. The van der Waals surface area contributed by atoms with E-state index in [2.05, 4.69) is 223 Å². The largest absolute Gasteiger partial charge is 0.311 e. The topological polar surface area (TPSA) is 16.1 Å². The fraction of sp³-hybridized carbons (Fsp3) is 0. The summed E-state index contributed by atoms with van der Waals surface area (Å²) in [6.07, 6.45) is 0. The van der Waals surface area contributed by atoms with Gasteiger partial charge in [-0.2, -0.15) is 0 Å². The first kappa shape index (κ1) is 32.4. The van der Waals surface area contributed by atoms with Gasteiger partial charge in [0.25, 0.3) is 0 Å². The van der Waals surface area contributed by atoms with Gasteiger partial charge in [-0.05, 0) is 96.6 Å². The molecule has 3 heterocycles. The monoisotopic (exact) mass is 728 g/mol. The summed E-state index contributed by atoms with van der Waals surface area (Å²) in [5.41, 5.74) is 15.4. The minimum atomic E-state index is -3.01. The van der Waals surface area contributed by atoms with Gasteiger partial charge in [0.2, 0.25) is 0 Å². The van der Waals surface area contributed by atoms with E-state index in [9.17, 15) is 0 Å². The Morgan fingerprint density at radius 1 is 0.321 bits per heavy atom. The molecule has 2 aliphatic heterocycles. The Balaban J connectivity index is 1.27. The minimum Gasteiger partial charge on any atom is -0.311 e. The summed E-state index contributed by atoms with van der Waals surface area (Å²) in [7, 11) is -3.01. The first-order valence-corrected chi connectivity index (χ1v) is 21.3. The molecule has 0 N–H and O–H groups in total. The first-order chi connectivity index (χ1) is 27.8. The molecule has 2 nitrogen and oxygen atoms in total. The Bertz CT molecular complexity index is 2800. The lowest BCUT2D eigenvalue weighted by Gasteiger charge is -2.35. The highest BCUT2D eigenvalue weighted by Crippen LogP contribution is 2.44. The Kier molecular flexibility index (Phi) is 7.54. The highest BCUT2D eigenvalue weighted by molar-refractivity contribution is 7.25. The van der Waals surface area contributed by atoms with E-state index in [0.29, 0.717) is 0 Å². The molecule has 56 heavy (non-hydrogen) atoms. The fourth-order valence-corrected chi connectivity index (χ4v) is 15.5. The van der Waals surface area contributed by atoms with Gasteiger partial charge in [-0.15, -0.1) is 0 Å². The molecule has 262 valence electrons. The summed E-state index contributed by atoms with van der Waals surface area (Å²) in [4.78, 5) is 7.78. The van der Waals surface area contributed by atoms with Crippen LogP contribution in [0.15, 0.2) is 218 Å². The molecule has 1 unspecified atom stereocenters. The molecule has 2 aliphatic rings. The molecule has 0 amide bonds. The number of pyridine rings is 1. The third-order valence-electron chi connectivity index (χ3n) is 11.6. The van der Waals surface area contributed by atoms with Crippen LogP contribution < -0.4 is 25.6 Å². The van der Waals surface area contributed by atoms with Gasteiger partial charge in [0.1, 0.15) is 0 Å². The molecule has 8 aromatic carbocycles. The standard InChI is InChI=1S/C53H36N2Si/c1-5-19-37(20-6-1)47-35-39(36-48(54-47)38-21-7-2-8-22-38)42-29-17-30-45-43-27-13-15-33-50(43)56(52(42)45)51-34-16-14-28-44(51)46-31-18-32-49(53(46)56)55(40-23-9-3-10-24-40)41-25-11-4-12-26-41/h1-36H. The molecule has 3 heteroatoms. The zero-order chi connectivity index (χ0) is 37.1. The number of fused-ring (bicyclic) bond motifs is 10. The molecule has 11 rings (SSSR count). The van der Waals surface area contributed by atoms with Gasteiger partial charge in [0, 0.05) is 28.2 Å². The van der Waals surface area contributed by atoms with Gasteiger partial charge in [0.05, 0.1) is 11.4 Å². The molecule has 0 fully saturated rings. The molecule has 1 atom stereocenters. The maximum Gasteiger partial charge on any atom is 0.185 e. The molecular formula is C53H36N2Si. The van der Waals surface area contributed by atoms with Crippen molar-refractivity contribution in [3.63, 3.8) is 0 Å². The van der Waals surface area contributed by atoms with Crippen LogP contribution >= 0.6 is 0 Å². The zero-order valence-electron chi connectivity index (χ0n) is 30.7. The number of hydrogen-bond acceptors (Lipinski definition) is 2. The molecule has 0 radical (unpaired) electrons. The average Bonchev–Trinajstić information content (AvgIpc) is 3.75. The van der Waals surface area contributed by atoms with Crippen molar-refractivity contribution in [2.45, 2.75) is 0 Å². The first-order valence-electron chi connectivity index (χ1n) is 19.3. The van der Waals surface area contributed by atoms with Gasteiger partial charge < -0.3 is 4.90 Å². The van der Waals surface area contributed by atoms with Crippen molar-refractivity contribution in [2.75, 3.05) is 4.90 Å². The summed E-state index contributed by atoms with van der Waals surface area (Å²) in [5, 5.41) is 5.78. The molecule has 1 aromatic heterocycles. The molecule has 0 bridgehead atoms. The Morgan fingerprint density at radius 2 is 0.732 bits per heavy atom.